The minimum absolute atomic E-state index is 0.0196. The lowest BCUT2D eigenvalue weighted by atomic mass is 10.2. The highest BCUT2D eigenvalue weighted by Crippen LogP contribution is 2.26. The highest BCUT2D eigenvalue weighted by atomic mass is 32.2. The number of aryl methyl sites for hydroxylation is 1. The third kappa shape index (κ3) is 1.46. The zero-order valence-corrected chi connectivity index (χ0v) is 9.54. The summed E-state index contributed by atoms with van der Waals surface area (Å²) in [5.41, 5.74) is 2.55. The van der Waals surface area contributed by atoms with Crippen LogP contribution in [0.2, 0.25) is 0 Å². The fraction of sp³-hybridized carbons (Fsp3) is 0.300. The molecule has 0 aromatic carbocycles. The van der Waals surface area contributed by atoms with Gasteiger partial charge >= 0.3 is 0 Å². The van der Waals surface area contributed by atoms with Crippen molar-refractivity contribution in [3.8, 4) is 11.4 Å². The number of H-pyrrole nitrogens is 1. The van der Waals surface area contributed by atoms with Crippen LogP contribution < -0.4 is 5.56 Å². The van der Waals surface area contributed by atoms with Crippen molar-refractivity contribution < 1.29 is 0 Å². The smallest absolute Gasteiger partial charge is 0.255 e. The Hall–Kier alpha value is -1.56. The summed E-state index contributed by atoms with van der Waals surface area (Å²) in [5, 5.41) is 4.07. The van der Waals surface area contributed by atoms with Crippen LogP contribution in [-0.2, 0) is 18.6 Å². The van der Waals surface area contributed by atoms with Crippen LogP contribution in [-0.4, -0.2) is 19.7 Å². The SMILES string of the molecule is Cn1cc(-c2nc3c(c(=O)[nH]2)CSC3)cn1. The summed E-state index contributed by atoms with van der Waals surface area (Å²) in [6.45, 7) is 0. The van der Waals surface area contributed by atoms with E-state index in [0.29, 0.717) is 5.82 Å². The lowest BCUT2D eigenvalue weighted by molar-refractivity contribution is 0.768. The van der Waals surface area contributed by atoms with Gasteiger partial charge in [0.1, 0.15) is 5.82 Å². The molecule has 0 spiro atoms. The van der Waals surface area contributed by atoms with Crippen molar-refractivity contribution in [2.45, 2.75) is 11.5 Å². The van der Waals surface area contributed by atoms with Gasteiger partial charge in [0.05, 0.1) is 17.5 Å². The van der Waals surface area contributed by atoms with E-state index in [1.165, 1.54) is 0 Å². The van der Waals surface area contributed by atoms with Crippen molar-refractivity contribution in [1.82, 2.24) is 19.7 Å². The average Bonchev–Trinajstić information content (AvgIpc) is 2.85. The summed E-state index contributed by atoms with van der Waals surface area (Å²) in [6.07, 6.45) is 3.54. The number of rotatable bonds is 1. The first-order valence-electron chi connectivity index (χ1n) is 4.93. The maximum Gasteiger partial charge on any atom is 0.255 e. The van der Waals surface area contributed by atoms with Gasteiger partial charge in [0, 0.05) is 30.3 Å². The molecule has 6 heteroatoms. The Morgan fingerprint density at radius 1 is 1.50 bits per heavy atom. The minimum atomic E-state index is -0.0196. The number of fused-ring (bicyclic) bond motifs is 1. The molecule has 0 bridgehead atoms. The first-order valence-corrected chi connectivity index (χ1v) is 6.08. The normalized spacial score (nSPS) is 14.1. The predicted octanol–water partition coefficient (Wildman–Crippen LogP) is 0.917. The van der Waals surface area contributed by atoms with Crippen LogP contribution in [0.15, 0.2) is 17.2 Å². The molecule has 0 saturated heterocycles. The van der Waals surface area contributed by atoms with E-state index in [4.69, 9.17) is 0 Å². The zero-order valence-electron chi connectivity index (χ0n) is 8.73. The average molecular weight is 234 g/mol. The second kappa shape index (κ2) is 3.48. The second-order valence-corrected chi connectivity index (χ2v) is 4.72. The van der Waals surface area contributed by atoms with Gasteiger partial charge in [-0.3, -0.25) is 9.48 Å². The quantitative estimate of drug-likeness (QED) is 0.797. The van der Waals surface area contributed by atoms with E-state index in [1.807, 2.05) is 13.2 Å². The van der Waals surface area contributed by atoms with Crippen molar-refractivity contribution >= 4 is 11.8 Å². The molecule has 2 aromatic heterocycles. The van der Waals surface area contributed by atoms with Gasteiger partial charge < -0.3 is 4.98 Å². The first kappa shape index (κ1) is 9.65. The van der Waals surface area contributed by atoms with Crippen LogP contribution in [0, 0.1) is 0 Å². The molecule has 1 N–H and O–H groups in total. The number of nitrogens with zero attached hydrogens (tertiary/aromatic N) is 3. The van der Waals surface area contributed by atoms with Crippen molar-refractivity contribution in [3.63, 3.8) is 0 Å². The largest absolute Gasteiger partial charge is 0.306 e. The Bertz CT molecular complexity index is 601. The number of hydrogen-bond donors (Lipinski definition) is 1. The van der Waals surface area contributed by atoms with Crippen molar-refractivity contribution in [1.29, 1.82) is 0 Å². The van der Waals surface area contributed by atoms with Crippen molar-refractivity contribution in [2.75, 3.05) is 0 Å². The van der Waals surface area contributed by atoms with Gasteiger partial charge in [0.15, 0.2) is 0 Å². The summed E-state index contributed by atoms with van der Waals surface area (Å²) in [6, 6.07) is 0. The van der Waals surface area contributed by atoms with Gasteiger partial charge in [-0.15, -0.1) is 0 Å². The Morgan fingerprint density at radius 3 is 3.12 bits per heavy atom. The van der Waals surface area contributed by atoms with E-state index in [0.717, 1.165) is 28.3 Å². The molecule has 82 valence electrons. The maximum absolute atomic E-state index is 11.8. The molecule has 0 fully saturated rings. The molecule has 3 rings (SSSR count). The maximum atomic E-state index is 11.8. The monoisotopic (exact) mass is 234 g/mol. The molecule has 0 radical (unpaired) electrons. The Balaban J connectivity index is 2.16. The minimum Gasteiger partial charge on any atom is -0.306 e. The molecular formula is C10H10N4OS. The highest BCUT2D eigenvalue weighted by molar-refractivity contribution is 7.98. The molecule has 0 unspecified atom stereocenters. The number of aromatic amines is 1. The highest BCUT2D eigenvalue weighted by Gasteiger charge is 2.18. The molecule has 16 heavy (non-hydrogen) atoms. The predicted molar refractivity (Wildman–Crippen MR) is 62.1 cm³/mol. The van der Waals surface area contributed by atoms with Gasteiger partial charge in [-0.2, -0.15) is 16.9 Å². The fourth-order valence-corrected chi connectivity index (χ4v) is 2.78. The summed E-state index contributed by atoms with van der Waals surface area (Å²) in [4.78, 5) is 19.0. The summed E-state index contributed by atoms with van der Waals surface area (Å²) in [5.74, 6) is 2.21. The Labute approximate surface area is 95.9 Å². The van der Waals surface area contributed by atoms with Crippen molar-refractivity contribution in [3.05, 3.63) is 34.0 Å². The second-order valence-electron chi connectivity index (χ2n) is 3.74. The Kier molecular flexibility index (Phi) is 2.10. The summed E-state index contributed by atoms with van der Waals surface area (Å²) < 4.78 is 1.69. The number of thioether (sulfide) groups is 1. The van der Waals surface area contributed by atoms with Crippen LogP contribution >= 0.6 is 11.8 Å². The molecule has 0 atom stereocenters. The first-order chi connectivity index (χ1) is 7.74. The van der Waals surface area contributed by atoms with E-state index in [9.17, 15) is 4.79 Å². The third-order valence-electron chi connectivity index (χ3n) is 2.56. The molecule has 1 aliphatic heterocycles. The molecule has 0 saturated carbocycles. The van der Waals surface area contributed by atoms with E-state index in [1.54, 1.807) is 22.6 Å². The summed E-state index contributed by atoms with van der Waals surface area (Å²) in [7, 11) is 1.84. The number of hydrogen-bond acceptors (Lipinski definition) is 4. The van der Waals surface area contributed by atoms with E-state index in [-0.39, 0.29) is 5.56 Å². The lowest BCUT2D eigenvalue weighted by Crippen LogP contribution is -2.14. The lowest BCUT2D eigenvalue weighted by Gasteiger charge is -2.00. The molecule has 3 heterocycles. The third-order valence-corrected chi connectivity index (χ3v) is 3.53. The van der Waals surface area contributed by atoms with E-state index in [2.05, 4.69) is 15.1 Å². The van der Waals surface area contributed by atoms with Crippen LogP contribution in [0.5, 0.6) is 0 Å². The number of nitrogens with one attached hydrogen (secondary N) is 1. The number of aromatic nitrogens is 4. The zero-order chi connectivity index (χ0) is 11.1. The van der Waals surface area contributed by atoms with Gasteiger partial charge in [0.25, 0.3) is 5.56 Å². The van der Waals surface area contributed by atoms with Crippen LogP contribution in [0.4, 0.5) is 0 Å². The van der Waals surface area contributed by atoms with Gasteiger partial charge in [0.2, 0.25) is 0 Å². The summed E-state index contributed by atoms with van der Waals surface area (Å²) >= 11 is 1.72. The molecule has 1 aliphatic rings. The molecule has 0 amide bonds. The topological polar surface area (TPSA) is 63.6 Å². The van der Waals surface area contributed by atoms with Crippen LogP contribution in [0.3, 0.4) is 0 Å². The molecular weight excluding hydrogens is 224 g/mol. The van der Waals surface area contributed by atoms with Gasteiger partial charge in [-0.25, -0.2) is 4.98 Å². The van der Waals surface area contributed by atoms with E-state index < -0.39 is 0 Å². The molecule has 2 aromatic rings. The van der Waals surface area contributed by atoms with E-state index >= 15 is 0 Å². The molecule has 0 aliphatic carbocycles. The fourth-order valence-electron chi connectivity index (χ4n) is 1.74. The van der Waals surface area contributed by atoms with Gasteiger partial charge in [-0.05, 0) is 0 Å². The molecule has 5 nitrogen and oxygen atoms in total. The van der Waals surface area contributed by atoms with Crippen LogP contribution in [0.1, 0.15) is 11.3 Å². The van der Waals surface area contributed by atoms with Crippen molar-refractivity contribution in [2.24, 2.45) is 7.05 Å². The standard InChI is InChI=1S/C10H10N4OS/c1-14-3-6(2-11-14)9-12-8-5-16-4-7(8)10(15)13-9/h2-3H,4-5H2,1H3,(H,12,13,15). The van der Waals surface area contributed by atoms with Crippen LogP contribution in [0.25, 0.3) is 11.4 Å². The Morgan fingerprint density at radius 2 is 2.38 bits per heavy atom. The van der Waals surface area contributed by atoms with Gasteiger partial charge in [-0.1, -0.05) is 0 Å².